The number of aliphatic hydroxyl groups excluding tert-OH is 1. The molecule has 0 saturated heterocycles. The maximum absolute atomic E-state index is 12.4. The van der Waals surface area contributed by atoms with Crippen LogP contribution in [0.25, 0.3) is 10.8 Å². The van der Waals surface area contributed by atoms with Gasteiger partial charge in [0.2, 0.25) is 5.90 Å². The fraction of sp³-hybridized carbons (Fsp3) is 0. The zero-order valence-electron chi connectivity index (χ0n) is 29.0. The number of nitrogen functional groups attached to an aromatic ring is 3. The van der Waals surface area contributed by atoms with E-state index in [0.29, 0.717) is 28.4 Å². The number of aromatic hydroxyl groups is 1. The number of hydrogen-bond acceptors (Lipinski definition) is 15. The molecule has 18 nitrogen and oxygen atoms in total. The number of benzene rings is 6. The van der Waals surface area contributed by atoms with Gasteiger partial charge >= 0.3 is 0 Å². The fourth-order valence-corrected chi connectivity index (χ4v) is 6.38. The molecule has 0 unspecified atom stereocenters. The third-order valence-corrected chi connectivity index (χ3v) is 9.43. The number of phenols is 1. The van der Waals surface area contributed by atoms with Crippen LogP contribution in [0.4, 0.5) is 56.9 Å². The van der Waals surface area contributed by atoms with Gasteiger partial charge in [0.1, 0.15) is 26.9 Å². The molecule has 0 spiro atoms. The average Bonchev–Trinajstić information content (AvgIpc) is 3.14. The van der Waals surface area contributed by atoms with E-state index >= 15 is 0 Å². The van der Waals surface area contributed by atoms with Crippen molar-refractivity contribution in [2.24, 2.45) is 35.7 Å². The van der Waals surface area contributed by atoms with Crippen molar-refractivity contribution in [1.82, 2.24) is 0 Å². The summed E-state index contributed by atoms with van der Waals surface area (Å²) in [6.45, 7) is 0. The second kappa shape index (κ2) is 16.7. The summed E-state index contributed by atoms with van der Waals surface area (Å²) in [5, 5.41) is 45.1. The van der Waals surface area contributed by atoms with Crippen molar-refractivity contribution in [3.05, 3.63) is 115 Å². The Morgan fingerprint density at radius 1 is 0.571 bits per heavy atom. The van der Waals surface area contributed by atoms with E-state index in [4.69, 9.17) is 17.2 Å². The molecule has 0 aromatic heterocycles. The van der Waals surface area contributed by atoms with Crippen molar-refractivity contribution >= 4 is 123 Å². The number of aliphatic imine (C=N–C) groups is 1. The molecule has 0 aliphatic carbocycles. The fourth-order valence-electron chi connectivity index (χ4n) is 5.05. The van der Waals surface area contributed by atoms with Gasteiger partial charge in [-0.2, -0.15) is 32.2 Å². The van der Waals surface area contributed by atoms with Crippen molar-refractivity contribution < 1.29 is 36.2 Å². The quantitative estimate of drug-likeness (QED) is 0.0172. The number of phenolic OH excluding ortho intramolecular Hbond substituents is 1. The molecular formula is C35H28N10NaO8S2. The molecule has 279 valence electrons. The average molecular weight is 804 g/mol. The first-order valence-electron chi connectivity index (χ1n) is 15.6. The normalized spacial score (nSPS) is 12.5. The maximum Gasteiger partial charge on any atom is 0.296 e. The van der Waals surface area contributed by atoms with E-state index < -0.39 is 52.8 Å². The van der Waals surface area contributed by atoms with Crippen LogP contribution >= 0.6 is 0 Å². The molecule has 56 heavy (non-hydrogen) atoms. The molecule has 0 bridgehead atoms. The largest absolute Gasteiger partial charge is 0.505 e. The number of azo groups is 3. The predicted octanol–water partition coefficient (Wildman–Crippen LogP) is 8.29. The van der Waals surface area contributed by atoms with Gasteiger partial charge in [-0.1, -0.05) is 18.2 Å². The minimum absolute atomic E-state index is 0. The molecule has 21 heteroatoms. The van der Waals surface area contributed by atoms with Crippen molar-refractivity contribution in [3.63, 3.8) is 0 Å². The van der Waals surface area contributed by atoms with E-state index in [1.807, 2.05) is 0 Å². The molecule has 0 aliphatic rings. The molecule has 6 aromatic carbocycles. The van der Waals surface area contributed by atoms with E-state index in [0.717, 1.165) is 12.1 Å². The third-order valence-electron chi connectivity index (χ3n) is 7.69. The molecule has 0 heterocycles. The van der Waals surface area contributed by atoms with Crippen molar-refractivity contribution in [2.75, 3.05) is 17.2 Å². The van der Waals surface area contributed by atoms with Crippen LogP contribution in [-0.2, 0) is 20.2 Å². The minimum Gasteiger partial charge on any atom is -0.505 e. The second-order valence-corrected chi connectivity index (χ2v) is 14.3. The molecule has 0 amide bonds. The molecular weight excluding hydrogens is 776 g/mol. The number of rotatable bonds is 10. The number of anilines is 3. The van der Waals surface area contributed by atoms with Gasteiger partial charge in [-0.05, 0) is 96.4 Å². The van der Waals surface area contributed by atoms with Crippen LogP contribution in [0.1, 0.15) is 5.56 Å². The Morgan fingerprint density at radius 2 is 1.07 bits per heavy atom. The summed E-state index contributed by atoms with van der Waals surface area (Å²) in [7, 11) is -10.1. The number of nitrogens with two attached hydrogens (primary N) is 3. The van der Waals surface area contributed by atoms with Gasteiger partial charge in [0.15, 0.2) is 5.75 Å². The number of fused-ring (bicyclic) bond motifs is 1. The van der Waals surface area contributed by atoms with E-state index in [1.165, 1.54) is 36.4 Å². The Hall–Kier alpha value is -6.13. The van der Waals surface area contributed by atoms with E-state index in [1.54, 1.807) is 60.7 Å². The summed E-state index contributed by atoms with van der Waals surface area (Å²) in [4.78, 5) is 2.39. The molecule has 1 radical (unpaired) electrons. The molecule has 0 saturated carbocycles. The van der Waals surface area contributed by atoms with Crippen LogP contribution in [0.3, 0.4) is 0 Å². The van der Waals surface area contributed by atoms with Crippen LogP contribution in [-0.4, -0.2) is 71.6 Å². The van der Waals surface area contributed by atoms with Crippen LogP contribution in [0.2, 0.25) is 0 Å². The summed E-state index contributed by atoms with van der Waals surface area (Å²) in [5.41, 5.74) is 18.9. The Kier molecular flexibility index (Phi) is 12.2. The van der Waals surface area contributed by atoms with Gasteiger partial charge in [-0.3, -0.25) is 9.11 Å². The standard InChI is InChI=1S/C35H28N10O8S2.Na/c36-21-8-15-27(26(37)18-21)43-40-25-13-11-22(12-14-25)39-35(47)19-6-9-24(10-7-19)42-44-32-28(54(48,49)50)16-20-17-29(55(51,52)53)33(34(46)30(20)31(32)38)45-41-23-4-2-1-3-5-23;/h1-18,46H,36-38H2,(H,39,47)(H,48,49,50)(H,51,52,53);. The molecule has 0 atom stereocenters. The summed E-state index contributed by atoms with van der Waals surface area (Å²) in [6, 6.07) is 26.7. The smallest absolute Gasteiger partial charge is 0.296 e. The van der Waals surface area contributed by atoms with Crippen LogP contribution in [0.15, 0.2) is 155 Å². The van der Waals surface area contributed by atoms with Crippen molar-refractivity contribution in [2.45, 2.75) is 9.79 Å². The topological polar surface area (TPSA) is 314 Å². The van der Waals surface area contributed by atoms with Gasteiger partial charge in [0.05, 0.1) is 39.5 Å². The minimum atomic E-state index is -5.08. The molecule has 0 aliphatic heterocycles. The summed E-state index contributed by atoms with van der Waals surface area (Å²) in [6.07, 6.45) is 0. The van der Waals surface area contributed by atoms with Gasteiger partial charge < -0.3 is 27.4 Å². The Balaban J connectivity index is 0.00000600. The van der Waals surface area contributed by atoms with E-state index in [2.05, 4.69) is 35.7 Å². The van der Waals surface area contributed by atoms with E-state index in [9.17, 15) is 36.2 Å². The number of aliphatic hydroxyl groups is 1. The number of nitrogens with zero attached hydrogens (tertiary/aromatic N) is 7. The van der Waals surface area contributed by atoms with Crippen LogP contribution < -0.4 is 17.2 Å². The van der Waals surface area contributed by atoms with Gasteiger partial charge in [0.25, 0.3) is 20.2 Å². The molecule has 6 aromatic rings. The van der Waals surface area contributed by atoms with E-state index in [-0.39, 0.29) is 63.2 Å². The van der Waals surface area contributed by atoms with Crippen molar-refractivity contribution in [1.29, 1.82) is 0 Å². The van der Waals surface area contributed by atoms with Gasteiger partial charge in [-0.15, -0.1) is 15.3 Å². The summed E-state index contributed by atoms with van der Waals surface area (Å²) < 4.78 is 69.4. The first-order valence-corrected chi connectivity index (χ1v) is 18.5. The first-order chi connectivity index (χ1) is 26.1. The van der Waals surface area contributed by atoms with Gasteiger partial charge in [0, 0.05) is 40.8 Å². The first kappa shape index (κ1) is 41.0. The molecule has 0 fully saturated rings. The SMILES string of the molecule is Nc1ccc(N=Nc2ccc(N=C(O)c3ccc(N=Nc4c(S(=O)(=O)O)cc5cc(S(=O)(=O)O)c(N=Nc6ccccc6)c(O)c5c4N)cc3)cc2)c(N)c1.[Na]. The maximum atomic E-state index is 12.4. The van der Waals surface area contributed by atoms with Crippen LogP contribution in [0.5, 0.6) is 5.75 Å². The summed E-state index contributed by atoms with van der Waals surface area (Å²) in [5.74, 6) is -1.23. The zero-order chi connectivity index (χ0) is 39.5. The second-order valence-electron chi connectivity index (χ2n) is 11.5. The number of hydrogen-bond donors (Lipinski definition) is 7. The monoisotopic (exact) mass is 803 g/mol. The molecule has 10 N–H and O–H groups in total. The summed E-state index contributed by atoms with van der Waals surface area (Å²) >= 11 is 0. The van der Waals surface area contributed by atoms with Crippen molar-refractivity contribution in [3.8, 4) is 5.75 Å². The Morgan fingerprint density at radius 3 is 1.64 bits per heavy atom. The zero-order valence-corrected chi connectivity index (χ0v) is 32.6. The Labute approximate surface area is 340 Å². The predicted molar refractivity (Wildman–Crippen MR) is 211 cm³/mol. The van der Waals surface area contributed by atoms with Crippen LogP contribution in [0, 0.1) is 0 Å². The van der Waals surface area contributed by atoms with Gasteiger partial charge in [-0.25, -0.2) is 4.99 Å². The molecule has 6 rings (SSSR count). The Bertz CT molecular complexity index is 2800. The third kappa shape index (κ3) is 9.38.